The van der Waals surface area contributed by atoms with Crippen LogP contribution < -0.4 is 10.4 Å². The Labute approximate surface area is 216 Å². The summed E-state index contributed by atoms with van der Waals surface area (Å²) >= 11 is 12.3. The Bertz CT molecular complexity index is 1510. The number of hydrogen-bond donors (Lipinski definition) is 0. The summed E-state index contributed by atoms with van der Waals surface area (Å²) in [7, 11) is -3.85. The molecule has 0 radical (unpaired) electrons. The molecule has 6 rings (SSSR count). The molecule has 0 amide bonds. The predicted octanol–water partition coefficient (Wildman–Crippen LogP) is 7.28. The van der Waals surface area contributed by atoms with Gasteiger partial charge in [-0.05, 0) is 83.7 Å². The second-order valence-electron chi connectivity index (χ2n) is 10.2. The minimum absolute atomic E-state index is 0.698. The standard InChI is InChI=1S/C28H24Cl2N2OSi2/c1-34(2)25-15-19-13-23-24(14-20(19)16-26(25)35(3,4)33-34)28(18-7-11-22(30)12-8-18)32-31-27(23)17-5-9-21(29)10-6-17/h5-16H,1-4H3. The SMILES string of the molecule is C[Si]1(C)O[Si](C)(C)c2cc3cc4c(-c5ccc(Cl)cc5)nnc(-c5ccc(Cl)cc5)c4cc3cc21. The van der Waals surface area contributed by atoms with Gasteiger partial charge in [0.25, 0.3) is 0 Å². The van der Waals surface area contributed by atoms with Crippen molar-refractivity contribution in [3.05, 3.63) is 82.8 Å². The van der Waals surface area contributed by atoms with Crippen molar-refractivity contribution >= 4 is 71.8 Å². The van der Waals surface area contributed by atoms with Gasteiger partial charge in [0, 0.05) is 31.9 Å². The third kappa shape index (κ3) is 3.83. The van der Waals surface area contributed by atoms with Gasteiger partial charge in [-0.2, -0.15) is 0 Å². The number of fused-ring (bicyclic) bond motifs is 3. The van der Waals surface area contributed by atoms with Crippen molar-refractivity contribution in [3.63, 3.8) is 0 Å². The van der Waals surface area contributed by atoms with Gasteiger partial charge < -0.3 is 4.12 Å². The van der Waals surface area contributed by atoms with Gasteiger partial charge >= 0.3 is 0 Å². The highest BCUT2D eigenvalue weighted by atomic mass is 35.5. The van der Waals surface area contributed by atoms with Crippen LogP contribution in [0.5, 0.6) is 0 Å². The van der Waals surface area contributed by atoms with E-state index in [1.54, 1.807) is 0 Å². The number of nitrogens with zero attached hydrogens (tertiary/aromatic N) is 2. The van der Waals surface area contributed by atoms with Gasteiger partial charge in [0.2, 0.25) is 16.6 Å². The molecule has 0 spiro atoms. The highest BCUT2D eigenvalue weighted by molar-refractivity contribution is 7.06. The second kappa shape index (κ2) is 7.98. The molecule has 4 aromatic carbocycles. The fourth-order valence-corrected chi connectivity index (χ4v) is 15.8. The Hall–Kier alpha value is -2.55. The molecule has 1 aliphatic rings. The number of aromatic nitrogens is 2. The molecule has 0 saturated carbocycles. The molecule has 0 fully saturated rings. The minimum Gasteiger partial charge on any atom is -0.449 e. The normalized spacial score (nSPS) is 16.1. The molecule has 0 saturated heterocycles. The van der Waals surface area contributed by atoms with E-state index < -0.39 is 16.6 Å². The van der Waals surface area contributed by atoms with Crippen molar-refractivity contribution in [2.24, 2.45) is 0 Å². The Kier molecular flexibility index (Phi) is 5.22. The fourth-order valence-electron chi connectivity index (χ4n) is 5.34. The van der Waals surface area contributed by atoms with Crippen molar-refractivity contribution in [1.29, 1.82) is 0 Å². The number of benzene rings is 4. The summed E-state index contributed by atoms with van der Waals surface area (Å²) in [6.45, 7) is 9.24. The van der Waals surface area contributed by atoms with Crippen molar-refractivity contribution in [1.82, 2.24) is 10.2 Å². The van der Waals surface area contributed by atoms with Crippen molar-refractivity contribution in [2.75, 3.05) is 0 Å². The number of rotatable bonds is 2. The van der Waals surface area contributed by atoms with Gasteiger partial charge in [0.1, 0.15) is 11.4 Å². The maximum absolute atomic E-state index is 6.71. The highest BCUT2D eigenvalue weighted by Crippen LogP contribution is 2.36. The van der Waals surface area contributed by atoms with E-state index in [9.17, 15) is 0 Å². The molecule has 7 heteroatoms. The predicted molar refractivity (Wildman–Crippen MR) is 153 cm³/mol. The van der Waals surface area contributed by atoms with Gasteiger partial charge in [0.05, 0.1) is 0 Å². The van der Waals surface area contributed by atoms with Crippen LogP contribution >= 0.6 is 23.2 Å². The van der Waals surface area contributed by atoms with E-state index >= 15 is 0 Å². The monoisotopic (exact) mass is 530 g/mol. The molecular weight excluding hydrogens is 507 g/mol. The molecule has 0 aliphatic carbocycles. The topological polar surface area (TPSA) is 35.0 Å². The third-order valence-electron chi connectivity index (χ3n) is 6.92. The van der Waals surface area contributed by atoms with Crippen LogP contribution in [-0.4, -0.2) is 26.8 Å². The van der Waals surface area contributed by atoms with E-state index in [1.165, 1.54) is 21.1 Å². The van der Waals surface area contributed by atoms with E-state index in [1.807, 2.05) is 48.5 Å². The van der Waals surface area contributed by atoms with E-state index in [0.717, 1.165) is 33.3 Å². The summed E-state index contributed by atoms with van der Waals surface area (Å²) in [6.07, 6.45) is 0. The van der Waals surface area contributed by atoms with Crippen LogP contribution in [0.15, 0.2) is 72.8 Å². The Morgan fingerprint density at radius 1 is 0.571 bits per heavy atom. The van der Waals surface area contributed by atoms with E-state index in [-0.39, 0.29) is 0 Å². The van der Waals surface area contributed by atoms with Crippen LogP contribution in [0.25, 0.3) is 44.1 Å². The molecule has 2 heterocycles. The van der Waals surface area contributed by atoms with Crippen molar-refractivity contribution < 1.29 is 4.12 Å². The zero-order chi connectivity index (χ0) is 24.5. The third-order valence-corrected chi connectivity index (χ3v) is 15.2. The lowest BCUT2D eigenvalue weighted by molar-refractivity contribution is 0.583. The first-order chi connectivity index (χ1) is 16.6. The van der Waals surface area contributed by atoms with Crippen molar-refractivity contribution in [2.45, 2.75) is 26.2 Å². The zero-order valence-corrected chi connectivity index (χ0v) is 23.5. The van der Waals surface area contributed by atoms with Gasteiger partial charge in [0.15, 0.2) is 0 Å². The minimum atomic E-state index is -1.93. The molecule has 0 atom stereocenters. The largest absolute Gasteiger partial charge is 0.449 e. The lowest BCUT2D eigenvalue weighted by Crippen LogP contribution is -2.43. The van der Waals surface area contributed by atoms with E-state index in [2.05, 4.69) is 50.5 Å². The van der Waals surface area contributed by atoms with Crippen LogP contribution in [0.4, 0.5) is 0 Å². The van der Waals surface area contributed by atoms with Gasteiger partial charge in [-0.1, -0.05) is 59.6 Å². The molecule has 5 aromatic rings. The molecule has 1 aromatic heterocycles. The van der Waals surface area contributed by atoms with Gasteiger partial charge in [-0.3, -0.25) is 0 Å². The first-order valence-corrected chi connectivity index (χ1v) is 18.2. The summed E-state index contributed by atoms with van der Waals surface area (Å²) in [4.78, 5) is 0. The average Bonchev–Trinajstić information content (AvgIpc) is 3.00. The quantitative estimate of drug-likeness (QED) is 0.177. The number of halogens is 2. The first-order valence-electron chi connectivity index (χ1n) is 11.6. The maximum Gasteiger partial charge on any atom is 0.206 e. The molecule has 3 nitrogen and oxygen atoms in total. The van der Waals surface area contributed by atoms with Crippen LogP contribution in [0.1, 0.15) is 0 Å². The van der Waals surface area contributed by atoms with Crippen LogP contribution in [0.3, 0.4) is 0 Å². The van der Waals surface area contributed by atoms with Crippen LogP contribution in [0.2, 0.25) is 36.2 Å². The fraction of sp³-hybridized carbons (Fsp3) is 0.143. The van der Waals surface area contributed by atoms with Gasteiger partial charge in [-0.25, -0.2) is 0 Å². The second-order valence-corrected chi connectivity index (χ2v) is 19.0. The summed E-state index contributed by atoms with van der Waals surface area (Å²) in [5, 5.41) is 18.2. The Morgan fingerprint density at radius 2 is 0.943 bits per heavy atom. The van der Waals surface area contributed by atoms with Gasteiger partial charge in [-0.15, -0.1) is 10.2 Å². The summed E-state index contributed by atoms with van der Waals surface area (Å²) in [5.41, 5.74) is 3.67. The van der Waals surface area contributed by atoms with Crippen LogP contribution in [0, 0.1) is 0 Å². The molecule has 1 aliphatic heterocycles. The number of hydrogen-bond acceptors (Lipinski definition) is 3. The smallest absolute Gasteiger partial charge is 0.206 e. The maximum atomic E-state index is 6.71. The molecular formula is C28H24Cl2N2OSi2. The van der Waals surface area contributed by atoms with E-state index in [4.69, 9.17) is 37.5 Å². The molecule has 0 bridgehead atoms. The lowest BCUT2D eigenvalue weighted by atomic mass is 9.97. The highest BCUT2D eigenvalue weighted by Gasteiger charge is 2.46. The van der Waals surface area contributed by atoms with E-state index in [0.29, 0.717) is 10.0 Å². The summed E-state index contributed by atoms with van der Waals surface area (Å²) in [6, 6.07) is 24.8. The van der Waals surface area contributed by atoms with Crippen LogP contribution in [-0.2, 0) is 4.12 Å². The zero-order valence-electron chi connectivity index (χ0n) is 20.0. The van der Waals surface area contributed by atoms with Crippen molar-refractivity contribution in [3.8, 4) is 22.5 Å². The summed E-state index contributed by atoms with van der Waals surface area (Å²) < 4.78 is 6.71. The lowest BCUT2D eigenvalue weighted by Gasteiger charge is -2.22. The molecule has 0 N–H and O–H groups in total. The Balaban J connectivity index is 1.69. The first kappa shape index (κ1) is 22.9. The summed E-state index contributed by atoms with van der Waals surface area (Å²) in [5.74, 6) is 0. The Morgan fingerprint density at radius 3 is 1.31 bits per heavy atom. The molecule has 35 heavy (non-hydrogen) atoms. The average molecular weight is 532 g/mol. The molecule has 0 unspecified atom stereocenters. The molecule has 174 valence electrons.